The van der Waals surface area contributed by atoms with Crippen LogP contribution in [0.2, 0.25) is 0 Å². The van der Waals surface area contributed by atoms with Gasteiger partial charge in [0.1, 0.15) is 6.54 Å². The molecule has 3 rings (SSSR count). The second-order valence-corrected chi connectivity index (χ2v) is 6.10. The van der Waals surface area contributed by atoms with Crippen molar-refractivity contribution in [3.8, 4) is 6.07 Å². The van der Waals surface area contributed by atoms with Gasteiger partial charge in [-0.25, -0.2) is 0 Å². The first kappa shape index (κ1) is 16.7. The molecule has 0 fully saturated rings. The fourth-order valence-electron chi connectivity index (χ4n) is 3.04. The Morgan fingerprint density at radius 2 is 1.80 bits per heavy atom. The molecule has 1 aliphatic heterocycles. The van der Waals surface area contributed by atoms with E-state index < -0.39 is 0 Å². The van der Waals surface area contributed by atoms with Gasteiger partial charge in [0.15, 0.2) is 0 Å². The van der Waals surface area contributed by atoms with Gasteiger partial charge in [-0.2, -0.15) is 5.26 Å². The molecule has 0 unspecified atom stereocenters. The maximum absolute atomic E-state index is 12.7. The molecule has 0 aromatic heterocycles. The lowest BCUT2D eigenvalue weighted by atomic mass is 10.00. The summed E-state index contributed by atoms with van der Waals surface area (Å²) in [5.41, 5.74) is 3.58. The molecule has 5 nitrogen and oxygen atoms in total. The number of benzene rings is 2. The van der Waals surface area contributed by atoms with Crippen LogP contribution in [0.5, 0.6) is 0 Å². The molecular formula is C20H19N3O2. The molecule has 126 valence electrons. The largest absolute Gasteiger partial charge is 0.336 e. The number of nitrogens with zero attached hydrogens (tertiary/aromatic N) is 3. The molecule has 0 bridgehead atoms. The maximum atomic E-state index is 12.7. The van der Waals surface area contributed by atoms with Crippen LogP contribution in [-0.4, -0.2) is 29.8 Å². The van der Waals surface area contributed by atoms with E-state index in [0.29, 0.717) is 24.3 Å². The Hall–Kier alpha value is -3.13. The van der Waals surface area contributed by atoms with E-state index in [1.165, 1.54) is 17.4 Å². The third kappa shape index (κ3) is 3.69. The Bertz CT molecular complexity index is 837. The first-order chi connectivity index (χ1) is 12.1. The molecule has 0 radical (unpaired) electrons. The Kier molecular flexibility index (Phi) is 4.80. The molecule has 5 heteroatoms. The molecule has 25 heavy (non-hydrogen) atoms. The van der Waals surface area contributed by atoms with Gasteiger partial charge in [-0.15, -0.1) is 0 Å². The van der Waals surface area contributed by atoms with E-state index in [4.69, 9.17) is 5.26 Å². The number of carbonyl (C=O) groups is 2. The highest BCUT2D eigenvalue weighted by molar-refractivity contribution is 5.97. The van der Waals surface area contributed by atoms with E-state index in [-0.39, 0.29) is 18.4 Å². The highest BCUT2D eigenvalue weighted by Crippen LogP contribution is 2.20. The molecule has 2 aromatic rings. The van der Waals surface area contributed by atoms with Crippen molar-refractivity contribution in [1.82, 2.24) is 4.90 Å². The average Bonchev–Trinajstić information content (AvgIpc) is 2.65. The van der Waals surface area contributed by atoms with Crippen molar-refractivity contribution in [2.24, 2.45) is 0 Å². The van der Waals surface area contributed by atoms with Crippen molar-refractivity contribution in [3.63, 3.8) is 0 Å². The first-order valence-electron chi connectivity index (χ1n) is 8.21. The van der Waals surface area contributed by atoms with Crippen molar-refractivity contribution in [3.05, 3.63) is 65.2 Å². The first-order valence-corrected chi connectivity index (χ1v) is 8.21. The molecule has 0 spiro atoms. The molecule has 0 saturated carbocycles. The van der Waals surface area contributed by atoms with E-state index in [2.05, 4.69) is 6.07 Å². The minimum absolute atomic E-state index is 0.00337. The van der Waals surface area contributed by atoms with E-state index in [1.807, 2.05) is 24.3 Å². The van der Waals surface area contributed by atoms with Crippen LogP contribution in [0.25, 0.3) is 0 Å². The summed E-state index contributed by atoms with van der Waals surface area (Å²) in [6.07, 6.45) is 0.832. The third-order valence-corrected chi connectivity index (χ3v) is 4.46. The van der Waals surface area contributed by atoms with Gasteiger partial charge in [-0.05, 0) is 41.8 Å². The van der Waals surface area contributed by atoms with Crippen LogP contribution in [0.3, 0.4) is 0 Å². The number of nitriles is 1. The maximum Gasteiger partial charge on any atom is 0.242 e. The summed E-state index contributed by atoms with van der Waals surface area (Å²) in [4.78, 5) is 27.9. The molecule has 1 heterocycles. The lowest BCUT2D eigenvalue weighted by Gasteiger charge is -2.31. The van der Waals surface area contributed by atoms with Crippen molar-refractivity contribution >= 4 is 17.5 Å². The summed E-state index contributed by atoms with van der Waals surface area (Å²) in [6.45, 7) is 2.68. The van der Waals surface area contributed by atoms with Gasteiger partial charge >= 0.3 is 0 Å². The second kappa shape index (κ2) is 7.18. The SMILES string of the molecule is CC(=O)N(CC(=O)N1CCc2ccccc2C1)c1ccc(C#N)cc1. The monoisotopic (exact) mass is 333 g/mol. The van der Waals surface area contributed by atoms with Crippen molar-refractivity contribution < 1.29 is 9.59 Å². The summed E-state index contributed by atoms with van der Waals surface area (Å²) in [5, 5.41) is 8.88. The van der Waals surface area contributed by atoms with Crippen LogP contribution < -0.4 is 4.90 Å². The van der Waals surface area contributed by atoms with Gasteiger partial charge in [0.05, 0.1) is 11.6 Å². The second-order valence-electron chi connectivity index (χ2n) is 6.10. The van der Waals surface area contributed by atoms with E-state index in [1.54, 1.807) is 29.2 Å². The number of fused-ring (bicyclic) bond motifs is 1. The number of hydrogen-bond donors (Lipinski definition) is 0. The fraction of sp³-hybridized carbons (Fsp3) is 0.250. The zero-order chi connectivity index (χ0) is 17.8. The molecule has 0 aliphatic carbocycles. The predicted octanol–water partition coefficient (Wildman–Crippen LogP) is 2.50. The number of hydrogen-bond acceptors (Lipinski definition) is 3. The van der Waals surface area contributed by atoms with Gasteiger partial charge in [0.25, 0.3) is 0 Å². The molecule has 2 amide bonds. The summed E-state index contributed by atoms with van der Waals surface area (Å²) in [5.74, 6) is -0.274. The van der Waals surface area contributed by atoms with Crippen molar-refractivity contribution in [1.29, 1.82) is 5.26 Å². The molecule has 0 N–H and O–H groups in total. The minimum atomic E-state index is -0.199. The Balaban J connectivity index is 1.73. The molecule has 0 atom stereocenters. The molecule has 2 aromatic carbocycles. The van der Waals surface area contributed by atoms with Gasteiger partial charge in [-0.3, -0.25) is 9.59 Å². The highest BCUT2D eigenvalue weighted by Gasteiger charge is 2.23. The summed E-state index contributed by atoms with van der Waals surface area (Å²) in [6, 6.07) is 16.8. The summed E-state index contributed by atoms with van der Waals surface area (Å²) < 4.78 is 0. The van der Waals surface area contributed by atoms with E-state index >= 15 is 0 Å². The molecular weight excluding hydrogens is 314 g/mol. The van der Waals surface area contributed by atoms with Crippen LogP contribution in [0, 0.1) is 11.3 Å². The Labute approximate surface area is 147 Å². The highest BCUT2D eigenvalue weighted by atomic mass is 16.2. The fourth-order valence-corrected chi connectivity index (χ4v) is 3.04. The lowest BCUT2D eigenvalue weighted by molar-refractivity contribution is -0.132. The Morgan fingerprint density at radius 3 is 2.44 bits per heavy atom. The quantitative estimate of drug-likeness (QED) is 0.867. The van der Waals surface area contributed by atoms with Crippen molar-refractivity contribution in [2.45, 2.75) is 19.9 Å². The van der Waals surface area contributed by atoms with Crippen LogP contribution in [0.4, 0.5) is 5.69 Å². The normalized spacial score (nSPS) is 12.9. The third-order valence-electron chi connectivity index (χ3n) is 4.46. The summed E-state index contributed by atoms with van der Waals surface area (Å²) in [7, 11) is 0. The zero-order valence-corrected chi connectivity index (χ0v) is 14.1. The van der Waals surface area contributed by atoms with Crippen LogP contribution in [0.15, 0.2) is 48.5 Å². The lowest BCUT2D eigenvalue weighted by Crippen LogP contribution is -2.44. The van der Waals surface area contributed by atoms with Crippen molar-refractivity contribution in [2.75, 3.05) is 18.0 Å². The van der Waals surface area contributed by atoms with Gasteiger partial charge in [0.2, 0.25) is 11.8 Å². The number of carbonyl (C=O) groups excluding carboxylic acids is 2. The zero-order valence-electron chi connectivity index (χ0n) is 14.1. The number of amides is 2. The molecule has 1 aliphatic rings. The van der Waals surface area contributed by atoms with E-state index in [9.17, 15) is 9.59 Å². The number of anilines is 1. The smallest absolute Gasteiger partial charge is 0.242 e. The van der Waals surface area contributed by atoms with Gasteiger partial charge < -0.3 is 9.80 Å². The van der Waals surface area contributed by atoms with Gasteiger partial charge in [-0.1, -0.05) is 24.3 Å². The number of rotatable bonds is 3. The van der Waals surface area contributed by atoms with Gasteiger partial charge in [0, 0.05) is 25.7 Å². The average molecular weight is 333 g/mol. The van der Waals surface area contributed by atoms with Crippen LogP contribution >= 0.6 is 0 Å². The van der Waals surface area contributed by atoms with Crippen LogP contribution in [-0.2, 0) is 22.6 Å². The standard InChI is InChI=1S/C20H19N3O2/c1-15(24)23(19-8-6-16(12-21)7-9-19)14-20(25)22-11-10-17-4-2-3-5-18(17)13-22/h2-9H,10-11,13-14H2,1H3. The van der Waals surface area contributed by atoms with Crippen LogP contribution in [0.1, 0.15) is 23.6 Å². The van der Waals surface area contributed by atoms with E-state index in [0.717, 1.165) is 12.0 Å². The predicted molar refractivity (Wildman–Crippen MR) is 94.7 cm³/mol. The molecule has 0 saturated heterocycles. The topological polar surface area (TPSA) is 64.4 Å². The summed E-state index contributed by atoms with van der Waals surface area (Å²) >= 11 is 0. The Morgan fingerprint density at radius 1 is 1.12 bits per heavy atom. The minimum Gasteiger partial charge on any atom is -0.336 e.